The van der Waals surface area contributed by atoms with E-state index in [1.54, 1.807) is 7.98 Å². The van der Waals surface area contributed by atoms with Crippen molar-refractivity contribution < 1.29 is 0 Å². The molecule has 0 saturated carbocycles. The van der Waals surface area contributed by atoms with Crippen LogP contribution in [0.5, 0.6) is 0 Å². The van der Waals surface area contributed by atoms with Crippen LogP contribution in [0.1, 0.15) is 0 Å². The standard InChI is InChI=1S/C15H17Ge.3CH3.Sn/c1-16(2,3)15-12-8-7-11-14(15)13-9-5-4-6-10-13;;;;/h4-9,11-12H,1-3H3;3*1H3;. The van der Waals surface area contributed by atoms with Gasteiger partial charge in [-0.05, 0) is 0 Å². The van der Waals surface area contributed by atoms with Gasteiger partial charge in [-0.2, -0.15) is 0 Å². The molecule has 2 aromatic rings. The third kappa shape index (κ3) is 3.51. The van der Waals surface area contributed by atoms with Gasteiger partial charge in [-0.3, -0.25) is 0 Å². The van der Waals surface area contributed by atoms with Crippen molar-refractivity contribution in [3.05, 3.63) is 48.5 Å². The van der Waals surface area contributed by atoms with Gasteiger partial charge in [0.1, 0.15) is 0 Å². The first-order chi connectivity index (χ1) is 9.21. The second-order valence-electron chi connectivity index (χ2n) is 7.59. The summed E-state index contributed by atoms with van der Waals surface area (Å²) in [6.07, 6.45) is 0. The fourth-order valence-electron chi connectivity index (χ4n) is 2.74. The van der Waals surface area contributed by atoms with Crippen LogP contribution in [-0.2, 0) is 0 Å². The van der Waals surface area contributed by atoms with Gasteiger partial charge in [-0.1, -0.05) is 0 Å². The molecule has 2 aromatic carbocycles. The van der Waals surface area contributed by atoms with Gasteiger partial charge in [0.2, 0.25) is 0 Å². The Kier molecular flexibility index (Phi) is 4.75. The van der Waals surface area contributed by atoms with Crippen molar-refractivity contribution >= 4 is 39.6 Å². The van der Waals surface area contributed by atoms with E-state index in [0.29, 0.717) is 0 Å². The van der Waals surface area contributed by atoms with Crippen LogP contribution in [0, 0.1) is 0 Å². The van der Waals surface area contributed by atoms with Crippen molar-refractivity contribution in [2.75, 3.05) is 0 Å². The number of benzene rings is 2. The Morgan fingerprint density at radius 2 is 1.20 bits per heavy atom. The summed E-state index contributed by atoms with van der Waals surface area (Å²) < 4.78 is 3.29. The third-order valence-corrected chi connectivity index (χ3v) is 13.9. The second kappa shape index (κ2) is 5.88. The molecule has 20 heavy (non-hydrogen) atoms. The van der Waals surface area contributed by atoms with Crippen molar-refractivity contribution in [2.45, 2.75) is 32.1 Å². The Balaban J connectivity index is 2.71. The van der Waals surface area contributed by atoms with E-state index >= 15 is 0 Å². The average molecular weight is 434 g/mol. The van der Waals surface area contributed by atoms with E-state index in [1.165, 1.54) is 11.1 Å². The third-order valence-electron chi connectivity index (χ3n) is 3.76. The maximum atomic E-state index is 2.51. The number of hydrogen-bond acceptors (Lipinski definition) is 0. The summed E-state index contributed by atoms with van der Waals surface area (Å²) in [5.74, 6) is 7.46. The topological polar surface area (TPSA) is 0 Å². The van der Waals surface area contributed by atoms with Crippen molar-refractivity contribution in [2.24, 2.45) is 0 Å². The summed E-state index contributed by atoms with van der Waals surface area (Å²) in [5.41, 5.74) is 3.01. The van der Waals surface area contributed by atoms with Gasteiger partial charge in [0.25, 0.3) is 0 Å². The zero-order valence-electron chi connectivity index (χ0n) is 13.6. The molecular weight excluding hydrogens is 408 g/mol. The molecule has 106 valence electrons. The van der Waals surface area contributed by atoms with Crippen LogP contribution >= 0.6 is 0 Å². The van der Waals surface area contributed by atoms with E-state index in [1.807, 2.05) is 0 Å². The molecule has 0 N–H and O–H groups in total. The van der Waals surface area contributed by atoms with Gasteiger partial charge in [0.15, 0.2) is 0 Å². The van der Waals surface area contributed by atoms with Gasteiger partial charge in [-0.25, -0.2) is 0 Å². The van der Waals surface area contributed by atoms with Crippen LogP contribution in [0.2, 0.25) is 32.1 Å². The van der Waals surface area contributed by atoms with Gasteiger partial charge in [0, 0.05) is 0 Å². The van der Waals surface area contributed by atoms with Crippen molar-refractivity contribution in [3.8, 4) is 11.1 Å². The van der Waals surface area contributed by atoms with Gasteiger partial charge >= 0.3 is 131 Å². The number of rotatable bonds is 3. The molecular formula is C18H26GeSn. The molecule has 0 radical (unpaired) electrons. The molecule has 0 unspecified atom stereocenters. The molecule has 0 amide bonds. The molecule has 0 atom stereocenters. The molecule has 0 bridgehead atoms. The van der Waals surface area contributed by atoms with E-state index in [9.17, 15) is 0 Å². The Morgan fingerprint density at radius 3 is 1.75 bits per heavy atom. The molecule has 0 saturated heterocycles. The minimum atomic E-state index is -2.09. The van der Waals surface area contributed by atoms with Gasteiger partial charge < -0.3 is 0 Å². The van der Waals surface area contributed by atoms with Crippen LogP contribution in [0.25, 0.3) is 11.1 Å². The van der Waals surface area contributed by atoms with E-state index in [4.69, 9.17) is 0 Å². The molecule has 0 nitrogen and oxygen atoms in total. The summed E-state index contributed by atoms with van der Waals surface area (Å²) in [6, 6.07) is 18.2. The average Bonchev–Trinajstić information content (AvgIpc) is 2.37. The Morgan fingerprint density at radius 1 is 0.700 bits per heavy atom. The fourth-order valence-corrected chi connectivity index (χ4v) is 10.8. The first-order valence-corrected chi connectivity index (χ1v) is 24.7. The molecule has 0 aliphatic heterocycles. The number of hydrogen-bond donors (Lipinski definition) is 0. The van der Waals surface area contributed by atoms with Crippen LogP contribution in [0.4, 0.5) is 0 Å². The first-order valence-electron chi connectivity index (χ1n) is 7.40. The van der Waals surface area contributed by atoms with Gasteiger partial charge in [-0.15, -0.1) is 0 Å². The summed E-state index contributed by atoms with van der Waals surface area (Å²) in [4.78, 5) is 7.53. The summed E-state index contributed by atoms with van der Waals surface area (Å²) in [7, 11) is 0. The predicted molar refractivity (Wildman–Crippen MR) is 97.8 cm³/mol. The molecule has 2 heteroatoms. The molecule has 0 heterocycles. The zero-order valence-corrected chi connectivity index (χ0v) is 18.6. The van der Waals surface area contributed by atoms with Crippen LogP contribution in [-0.4, -0.2) is 31.6 Å². The molecule has 0 aliphatic rings. The Hall–Kier alpha value is -0.218. The maximum absolute atomic E-state index is 2.51. The fraction of sp³-hybridized carbons (Fsp3) is 0.333. The van der Waals surface area contributed by atoms with Crippen LogP contribution < -0.4 is 7.98 Å². The van der Waals surface area contributed by atoms with E-state index in [-0.39, 0.29) is 0 Å². The molecule has 0 spiro atoms. The van der Waals surface area contributed by atoms with Gasteiger partial charge in [0.05, 0.1) is 0 Å². The molecule has 0 aliphatic carbocycles. The van der Waals surface area contributed by atoms with E-state index < -0.39 is 31.6 Å². The minimum absolute atomic E-state index is 1.50. The molecule has 2 rings (SSSR count). The molecule has 0 aromatic heterocycles. The Bertz CT molecular complexity index is 548. The predicted octanol–water partition coefficient (Wildman–Crippen LogP) is 4.44. The SMILES string of the molecule is [CH3][Ge]([CH3])([CH3])[c]1ccccc1-c1cccc[c]1[Sn]([CH3])([CH3])[CH3]. The summed E-state index contributed by atoms with van der Waals surface area (Å²) in [5, 5.41) is 0. The van der Waals surface area contributed by atoms with Crippen LogP contribution in [0.15, 0.2) is 48.5 Å². The van der Waals surface area contributed by atoms with Crippen molar-refractivity contribution in [1.82, 2.24) is 0 Å². The summed E-state index contributed by atoms with van der Waals surface area (Å²) in [6.45, 7) is 0. The van der Waals surface area contributed by atoms with E-state index in [2.05, 4.69) is 80.6 Å². The van der Waals surface area contributed by atoms with Crippen molar-refractivity contribution in [1.29, 1.82) is 0 Å². The quantitative estimate of drug-likeness (QED) is 0.628. The zero-order chi connectivity index (χ0) is 15.0. The molecule has 0 fully saturated rings. The second-order valence-corrected chi connectivity index (χ2v) is 32.5. The summed E-state index contributed by atoms with van der Waals surface area (Å²) >= 11 is -3.93. The van der Waals surface area contributed by atoms with E-state index in [0.717, 1.165) is 0 Å². The van der Waals surface area contributed by atoms with Crippen LogP contribution in [0.3, 0.4) is 0 Å². The van der Waals surface area contributed by atoms with Crippen molar-refractivity contribution in [3.63, 3.8) is 0 Å². The Labute approximate surface area is 130 Å². The normalized spacial score (nSPS) is 12.5. The first kappa shape index (κ1) is 16.2. The monoisotopic (exact) mass is 436 g/mol.